The highest BCUT2D eigenvalue weighted by Crippen LogP contribution is 2.10. The third-order valence-electron chi connectivity index (χ3n) is 3.05. The molecule has 0 aliphatic rings. The summed E-state index contributed by atoms with van der Waals surface area (Å²) in [6, 6.07) is 9.19. The van der Waals surface area contributed by atoms with Crippen LogP contribution >= 0.6 is 0 Å². The molecule has 3 N–H and O–H groups in total. The summed E-state index contributed by atoms with van der Waals surface area (Å²) in [5, 5.41) is 16.0. The Morgan fingerprint density at radius 2 is 2.00 bits per heavy atom. The monoisotopic (exact) mass is 318 g/mol. The van der Waals surface area contributed by atoms with Gasteiger partial charge in [0.05, 0.1) is 18.7 Å². The Morgan fingerprint density at radius 1 is 1.35 bits per heavy atom. The number of alkyl carbamates (subject to hydrolysis) is 1. The van der Waals surface area contributed by atoms with E-state index in [1.807, 2.05) is 30.3 Å². The average molecular weight is 318 g/mol. The molecule has 1 aromatic carbocycles. The molecule has 0 unspecified atom stereocenters. The number of rotatable bonds is 7. The van der Waals surface area contributed by atoms with E-state index >= 15 is 0 Å². The van der Waals surface area contributed by atoms with E-state index < -0.39 is 23.8 Å². The molecule has 0 fully saturated rings. The summed E-state index contributed by atoms with van der Waals surface area (Å²) in [4.78, 5) is 12.0. The lowest BCUT2D eigenvalue weighted by atomic mass is 10.0. The van der Waals surface area contributed by atoms with Crippen LogP contribution in [0.15, 0.2) is 30.3 Å². The number of benzene rings is 1. The van der Waals surface area contributed by atoms with E-state index in [9.17, 15) is 9.90 Å². The molecule has 1 rings (SSSR count). The number of ether oxygens (including phenoxy) is 1. The van der Waals surface area contributed by atoms with Crippen molar-refractivity contribution in [1.82, 2.24) is 10.6 Å². The van der Waals surface area contributed by atoms with Gasteiger partial charge in [0.15, 0.2) is 0 Å². The quantitative estimate of drug-likeness (QED) is 0.529. The second kappa shape index (κ2) is 9.19. The number of nitrogens with one attached hydrogen (secondary N) is 2. The Morgan fingerprint density at radius 3 is 2.57 bits per heavy atom. The molecule has 0 aliphatic heterocycles. The number of aliphatic hydroxyl groups excluding tert-OH is 1. The van der Waals surface area contributed by atoms with E-state index in [0.29, 0.717) is 13.0 Å². The van der Waals surface area contributed by atoms with Crippen molar-refractivity contribution in [2.45, 2.75) is 44.9 Å². The van der Waals surface area contributed by atoms with Gasteiger partial charge in [-0.3, -0.25) is 0 Å². The molecular weight excluding hydrogens is 292 g/mol. The maximum Gasteiger partial charge on any atom is 0.407 e. The molecule has 2 atom stereocenters. The van der Waals surface area contributed by atoms with Crippen molar-refractivity contribution in [2.24, 2.45) is 0 Å². The van der Waals surface area contributed by atoms with Crippen molar-refractivity contribution in [3.05, 3.63) is 35.9 Å². The van der Waals surface area contributed by atoms with Gasteiger partial charge >= 0.3 is 6.09 Å². The minimum Gasteiger partial charge on any atom is -0.444 e. The molecule has 1 aromatic rings. The largest absolute Gasteiger partial charge is 0.444 e. The van der Waals surface area contributed by atoms with Crippen molar-refractivity contribution in [1.29, 1.82) is 0 Å². The Balaban J connectivity index is 2.71. The maximum absolute atomic E-state index is 12.0. The first-order valence-corrected chi connectivity index (χ1v) is 7.67. The van der Waals surface area contributed by atoms with Gasteiger partial charge < -0.3 is 20.5 Å². The predicted molar refractivity (Wildman–Crippen MR) is 91.0 cm³/mol. The first-order chi connectivity index (χ1) is 10.8. The number of carbonyl (C=O) groups excluding carboxylic acids is 1. The van der Waals surface area contributed by atoms with Crippen LogP contribution in [0.3, 0.4) is 0 Å². The normalized spacial score (nSPS) is 13.7. The van der Waals surface area contributed by atoms with Crippen molar-refractivity contribution >= 4 is 6.09 Å². The summed E-state index contributed by atoms with van der Waals surface area (Å²) in [5.74, 6) is 2.45. The van der Waals surface area contributed by atoms with Gasteiger partial charge in [-0.05, 0) is 32.8 Å². The van der Waals surface area contributed by atoms with E-state index in [0.717, 1.165) is 5.56 Å². The van der Waals surface area contributed by atoms with Crippen LogP contribution in [-0.2, 0) is 11.2 Å². The van der Waals surface area contributed by atoms with Crippen molar-refractivity contribution in [3.63, 3.8) is 0 Å². The molecular formula is C18H26N2O3. The molecule has 1 amide bonds. The highest BCUT2D eigenvalue weighted by Gasteiger charge is 2.24. The Kier molecular flexibility index (Phi) is 7.60. The number of aliphatic hydroxyl groups is 1. The van der Waals surface area contributed by atoms with Crippen molar-refractivity contribution in [2.75, 3.05) is 13.1 Å². The minimum absolute atomic E-state index is 0.289. The van der Waals surface area contributed by atoms with Crippen LogP contribution in [0.4, 0.5) is 4.79 Å². The first kappa shape index (κ1) is 19.0. The van der Waals surface area contributed by atoms with Gasteiger partial charge in [-0.2, -0.15) is 0 Å². The highest BCUT2D eigenvalue weighted by atomic mass is 16.6. The topological polar surface area (TPSA) is 70.6 Å². The number of hydrogen-bond donors (Lipinski definition) is 3. The Labute approximate surface area is 138 Å². The van der Waals surface area contributed by atoms with E-state index in [1.54, 1.807) is 20.8 Å². The molecule has 0 aliphatic carbocycles. The molecule has 126 valence electrons. The second-order valence-electron chi connectivity index (χ2n) is 6.34. The lowest BCUT2D eigenvalue weighted by molar-refractivity contribution is 0.0423. The third kappa shape index (κ3) is 8.24. The smallest absolute Gasteiger partial charge is 0.407 e. The van der Waals surface area contributed by atoms with Crippen LogP contribution in [-0.4, -0.2) is 42.0 Å². The molecule has 0 saturated heterocycles. The summed E-state index contributed by atoms with van der Waals surface area (Å²) in [6.45, 7) is 6.04. The van der Waals surface area contributed by atoms with Gasteiger partial charge in [0.2, 0.25) is 0 Å². The van der Waals surface area contributed by atoms with Crippen molar-refractivity contribution in [3.8, 4) is 12.3 Å². The van der Waals surface area contributed by atoms with Gasteiger partial charge in [0.1, 0.15) is 5.60 Å². The lowest BCUT2D eigenvalue weighted by Gasteiger charge is -2.27. The molecule has 5 nitrogen and oxygen atoms in total. The summed E-state index contributed by atoms with van der Waals surface area (Å²) < 4.78 is 5.27. The first-order valence-electron chi connectivity index (χ1n) is 7.67. The summed E-state index contributed by atoms with van der Waals surface area (Å²) in [6.07, 6.45) is 4.35. The molecule has 0 radical (unpaired) electrons. The van der Waals surface area contributed by atoms with E-state index in [2.05, 4.69) is 16.6 Å². The molecule has 0 heterocycles. The third-order valence-corrected chi connectivity index (χ3v) is 3.05. The fourth-order valence-electron chi connectivity index (χ4n) is 2.04. The second-order valence-corrected chi connectivity index (χ2v) is 6.34. The van der Waals surface area contributed by atoms with E-state index in [1.165, 1.54) is 0 Å². The molecule has 0 saturated carbocycles. The molecule has 0 bridgehead atoms. The number of carbonyl (C=O) groups is 1. The lowest BCUT2D eigenvalue weighted by Crippen LogP contribution is -2.50. The maximum atomic E-state index is 12.0. The van der Waals surface area contributed by atoms with Crippen LogP contribution in [0.2, 0.25) is 0 Å². The summed E-state index contributed by atoms with van der Waals surface area (Å²) >= 11 is 0. The zero-order valence-electron chi connectivity index (χ0n) is 14.0. The van der Waals surface area contributed by atoms with Crippen molar-refractivity contribution < 1.29 is 14.6 Å². The van der Waals surface area contributed by atoms with Crippen LogP contribution in [0.5, 0.6) is 0 Å². The zero-order valence-corrected chi connectivity index (χ0v) is 14.0. The molecule has 23 heavy (non-hydrogen) atoms. The molecule has 0 spiro atoms. The van der Waals surface area contributed by atoms with Crippen LogP contribution in [0.25, 0.3) is 0 Å². The minimum atomic E-state index is -0.781. The molecule has 5 heteroatoms. The van der Waals surface area contributed by atoms with Gasteiger partial charge in [-0.25, -0.2) is 4.79 Å². The Bertz CT molecular complexity index is 517. The fourth-order valence-corrected chi connectivity index (χ4v) is 2.04. The van der Waals surface area contributed by atoms with Gasteiger partial charge in [-0.15, -0.1) is 6.42 Å². The van der Waals surface area contributed by atoms with Crippen LogP contribution in [0.1, 0.15) is 26.3 Å². The predicted octanol–water partition coefficient (Wildman–Crippen LogP) is 1.71. The van der Waals surface area contributed by atoms with E-state index in [-0.39, 0.29) is 6.54 Å². The summed E-state index contributed by atoms with van der Waals surface area (Å²) in [7, 11) is 0. The molecule has 0 aromatic heterocycles. The van der Waals surface area contributed by atoms with Gasteiger partial charge in [0, 0.05) is 6.54 Å². The summed E-state index contributed by atoms with van der Waals surface area (Å²) in [5.41, 5.74) is 0.429. The number of terminal acetylenes is 1. The van der Waals surface area contributed by atoms with Crippen LogP contribution in [0, 0.1) is 12.3 Å². The average Bonchev–Trinajstić information content (AvgIpc) is 2.46. The van der Waals surface area contributed by atoms with E-state index in [4.69, 9.17) is 11.2 Å². The SMILES string of the molecule is C#CCNC[C@@H](O)[C@H](Cc1ccccc1)NC(=O)OC(C)(C)C. The fraction of sp³-hybridized carbons (Fsp3) is 0.500. The number of amides is 1. The van der Waals surface area contributed by atoms with Crippen LogP contribution < -0.4 is 10.6 Å². The Hall–Kier alpha value is -2.03. The van der Waals surface area contributed by atoms with Gasteiger partial charge in [0.25, 0.3) is 0 Å². The standard InChI is InChI=1S/C18H26N2O3/c1-5-11-19-13-16(21)15(12-14-9-7-6-8-10-14)20-17(22)23-18(2,3)4/h1,6-10,15-16,19,21H,11-13H2,2-4H3,(H,20,22)/t15-,16+/m0/s1. The number of hydrogen-bond acceptors (Lipinski definition) is 4. The van der Waals surface area contributed by atoms with Gasteiger partial charge in [-0.1, -0.05) is 36.3 Å². The highest BCUT2D eigenvalue weighted by molar-refractivity contribution is 5.68. The zero-order chi connectivity index (χ0) is 17.3.